The van der Waals surface area contributed by atoms with Crippen LogP contribution in [0.2, 0.25) is 0 Å². The van der Waals surface area contributed by atoms with Crippen LogP contribution in [0, 0.1) is 23.7 Å². The van der Waals surface area contributed by atoms with Crippen molar-refractivity contribution in [2.24, 2.45) is 0 Å². The number of carbonyl (C=O) groups is 1. The van der Waals surface area contributed by atoms with Crippen LogP contribution in [0.4, 0.5) is 0 Å². The third-order valence-corrected chi connectivity index (χ3v) is 7.63. The number of hydrogen-bond donors (Lipinski definition) is 2. The average Bonchev–Trinajstić information content (AvgIpc) is 3.48. The largest absolute Gasteiger partial charge is 0.464 e. The van der Waals surface area contributed by atoms with Gasteiger partial charge in [0.05, 0.1) is 29.4 Å². The lowest BCUT2D eigenvalue weighted by Gasteiger charge is -2.45. The van der Waals surface area contributed by atoms with Crippen LogP contribution in [0.5, 0.6) is 0 Å². The Bertz CT molecular complexity index is 1460. The molecule has 1 amide bonds. The van der Waals surface area contributed by atoms with E-state index in [0.29, 0.717) is 5.56 Å². The number of nitrogens with one attached hydrogen (secondary N) is 2. The predicted molar refractivity (Wildman–Crippen MR) is 129 cm³/mol. The van der Waals surface area contributed by atoms with Crippen molar-refractivity contribution in [3.63, 3.8) is 0 Å². The Labute approximate surface area is 195 Å². The number of hydrogen-bond acceptors (Lipinski definition) is 5. The summed E-state index contributed by atoms with van der Waals surface area (Å²) in [5, 5.41) is 24.0. The summed E-state index contributed by atoms with van der Waals surface area (Å²) in [5.41, 5.74) is 4.48. The molecule has 2 aromatic carbocycles. The summed E-state index contributed by atoms with van der Waals surface area (Å²) in [6, 6.07) is 17.6. The molecule has 1 saturated heterocycles. The number of amides is 1. The number of benzene rings is 2. The van der Waals surface area contributed by atoms with Crippen molar-refractivity contribution in [2.45, 2.75) is 25.3 Å². The monoisotopic (exact) mass is 454 g/mol. The summed E-state index contributed by atoms with van der Waals surface area (Å²) in [6.07, 6.45) is 1.64. The van der Waals surface area contributed by atoms with Gasteiger partial charge in [-0.3, -0.25) is 15.1 Å². The molecule has 7 heteroatoms. The average molecular weight is 455 g/mol. The Morgan fingerprint density at radius 1 is 1.21 bits per heavy atom. The summed E-state index contributed by atoms with van der Waals surface area (Å²) in [5.74, 6) is -0.601. The summed E-state index contributed by atoms with van der Waals surface area (Å²) in [6.45, 7) is 4.00. The standard InChI is InChI=1S/C26H22N4O2S/c1-15-4-5-16(13-27)10-20(15)19-12-22(33-14-19)26(2)23(24(31)30(3)25(28)29-26)18-6-7-21-17(11-18)8-9-32-21/h4-12,14,23H,1-3H3,(H2,28,29)/t23-,26-/m1/s1. The lowest BCUT2D eigenvalue weighted by Crippen LogP contribution is -2.62. The van der Waals surface area contributed by atoms with Gasteiger partial charge >= 0.3 is 0 Å². The minimum absolute atomic E-state index is 0.0701. The van der Waals surface area contributed by atoms with Crippen LogP contribution in [0.3, 0.4) is 0 Å². The van der Waals surface area contributed by atoms with Gasteiger partial charge in [0.15, 0.2) is 5.96 Å². The Morgan fingerprint density at radius 3 is 2.82 bits per heavy atom. The molecule has 0 spiro atoms. The molecule has 0 bridgehead atoms. The Balaban J connectivity index is 1.64. The number of fused-ring (bicyclic) bond motifs is 1. The molecule has 4 aromatic rings. The highest BCUT2D eigenvalue weighted by Crippen LogP contribution is 2.45. The fourth-order valence-corrected chi connectivity index (χ4v) is 5.61. The first-order chi connectivity index (χ1) is 15.8. The maximum atomic E-state index is 13.5. The van der Waals surface area contributed by atoms with Crippen LogP contribution in [-0.4, -0.2) is 23.8 Å². The quantitative estimate of drug-likeness (QED) is 0.437. The highest BCUT2D eigenvalue weighted by atomic mass is 32.1. The van der Waals surface area contributed by atoms with Crippen molar-refractivity contribution >= 4 is 34.2 Å². The minimum Gasteiger partial charge on any atom is -0.464 e. The first kappa shape index (κ1) is 21.0. The SMILES string of the molecule is Cc1ccc(C#N)cc1-c1csc([C@@]2(C)NC(=N)N(C)C(=O)[C@H]2c2ccc3occc3c2)c1. The van der Waals surface area contributed by atoms with Crippen molar-refractivity contribution in [1.29, 1.82) is 10.7 Å². The summed E-state index contributed by atoms with van der Waals surface area (Å²) < 4.78 is 5.48. The van der Waals surface area contributed by atoms with E-state index >= 15 is 0 Å². The second-order valence-electron chi connectivity index (χ2n) is 8.57. The minimum atomic E-state index is -0.818. The smallest absolute Gasteiger partial charge is 0.239 e. The van der Waals surface area contributed by atoms with Crippen molar-refractivity contribution in [3.05, 3.63) is 81.7 Å². The number of nitriles is 1. The molecule has 1 fully saturated rings. The number of guanidine groups is 1. The number of likely N-dealkylation sites (N-methyl/N-ethyl adjacent to an activating group) is 1. The van der Waals surface area contributed by atoms with Gasteiger partial charge in [-0.25, -0.2) is 0 Å². The molecule has 1 aliphatic rings. The van der Waals surface area contributed by atoms with Gasteiger partial charge in [0.1, 0.15) is 5.58 Å². The zero-order valence-electron chi connectivity index (χ0n) is 18.5. The topological polar surface area (TPSA) is 93.1 Å². The number of furan rings is 1. The molecule has 0 radical (unpaired) electrons. The van der Waals surface area contributed by atoms with E-state index in [1.54, 1.807) is 24.6 Å². The third-order valence-electron chi connectivity index (χ3n) is 6.47. The van der Waals surface area contributed by atoms with Gasteiger partial charge in [-0.2, -0.15) is 5.26 Å². The first-order valence-electron chi connectivity index (χ1n) is 10.5. The van der Waals surface area contributed by atoms with Crippen LogP contribution in [-0.2, 0) is 10.3 Å². The van der Waals surface area contributed by atoms with Crippen LogP contribution in [0.15, 0.2) is 64.6 Å². The molecule has 2 atom stereocenters. The second kappa shape index (κ2) is 7.61. The molecule has 0 aliphatic carbocycles. The molecule has 3 heterocycles. The van der Waals surface area contributed by atoms with Gasteiger partial charge in [0, 0.05) is 17.3 Å². The van der Waals surface area contributed by atoms with Gasteiger partial charge in [-0.1, -0.05) is 12.1 Å². The maximum Gasteiger partial charge on any atom is 0.239 e. The molecule has 164 valence electrons. The molecule has 6 nitrogen and oxygen atoms in total. The summed E-state index contributed by atoms with van der Waals surface area (Å²) in [4.78, 5) is 15.8. The molecule has 2 aromatic heterocycles. The van der Waals surface area contributed by atoms with Crippen molar-refractivity contribution in [3.8, 4) is 17.2 Å². The Kier molecular flexibility index (Phi) is 4.84. The third kappa shape index (κ3) is 3.31. The normalized spacial score (nSPS) is 20.7. The van der Waals surface area contributed by atoms with Gasteiger partial charge in [-0.15, -0.1) is 11.3 Å². The summed E-state index contributed by atoms with van der Waals surface area (Å²) >= 11 is 1.55. The first-order valence-corrected chi connectivity index (χ1v) is 11.4. The van der Waals surface area contributed by atoms with E-state index in [0.717, 1.165) is 38.1 Å². The summed E-state index contributed by atoms with van der Waals surface area (Å²) in [7, 11) is 1.62. The van der Waals surface area contributed by atoms with Crippen LogP contribution in [0.1, 0.15) is 34.4 Å². The van der Waals surface area contributed by atoms with E-state index in [1.165, 1.54) is 4.90 Å². The van der Waals surface area contributed by atoms with E-state index < -0.39 is 11.5 Å². The van der Waals surface area contributed by atoms with E-state index in [1.807, 2.05) is 56.3 Å². The van der Waals surface area contributed by atoms with E-state index in [2.05, 4.69) is 22.8 Å². The van der Waals surface area contributed by atoms with Crippen LogP contribution >= 0.6 is 11.3 Å². The molecule has 33 heavy (non-hydrogen) atoms. The van der Waals surface area contributed by atoms with Crippen LogP contribution in [0.25, 0.3) is 22.1 Å². The van der Waals surface area contributed by atoms with Crippen LogP contribution < -0.4 is 5.32 Å². The number of aryl methyl sites for hydroxylation is 1. The Hall–Kier alpha value is -3.89. The fraction of sp³-hybridized carbons (Fsp3) is 0.192. The van der Waals surface area contributed by atoms with Gasteiger partial charge in [0.25, 0.3) is 0 Å². The van der Waals surface area contributed by atoms with E-state index in [9.17, 15) is 10.1 Å². The van der Waals surface area contributed by atoms with Gasteiger partial charge in [-0.05, 0) is 77.9 Å². The lowest BCUT2D eigenvalue weighted by molar-refractivity contribution is -0.131. The van der Waals surface area contributed by atoms with Crippen molar-refractivity contribution in [2.75, 3.05) is 7.05 Å². The van der Waals surface area contributed by atoms with Crippen molar-refractivity contribution in [1.82, 2.24) is 10.2 Å². The molecule has 5 rings (SSSR count). The highest BCUT2D eigenvalue weighted by Gasteiger charge is 2.49. The second-order valence-corrected chi connectivity index (χ2v) is 9.48. The zero-order valence-corrected chi connectivity index (χ0v) is 19.3. The number of thiophene rings is 1. The lowest BCUT2D eigenvalue weighted by atomic mass is 9.76. The predicted octanol–water partition coefficient (Wildman–Crippen LogP) is 5.34. The van der Waals surface area contributed by atoms with E-state index in [4.69, 9.17) is 9.83 Å². The molecule has 2 N–H and O–H groups in total. The number of rotatable bonds is 3. The number of nitrogens with zero attached hydrogens (tertiary/aromatic N) is 2. The highest BCUT2D eigenvalue weighted by molar-refractivity contribution is 7.10. The molecular weight excluding hydrogens is 432 g/mol. The van der Waals surface area contributed by atoms with Gasteiger partial charge < -0.3 is 9.73 Å². The maximum absolute atomic E-state index is 13.5. The fourth-order valence-electron chi connectivity index (χ4n) is 4.55. The molecule has 0 saturated carbocycles. The zero-order chi connectivity index (χ0) is 23.3. The molecule has 0 unspecified atom stereocenters. The molecular formula is C26H22N4O2S. The Morgan fingerprint density at radius 2 is 2.03 bits per heavy atom. The van der Waals surface area contributed by atoms with Gasteiger partial charge in [0.2, 0.25) is 5.91 Å². The number of carbonyl (C=O) groups excluding carboxylic acids is 1. The van der Waals surface area contributed by atoms with E-state index in [-0.39, 0.29) is 11.9 Å². The molecule has 1 aliphatic heterocycles. The van der Waals surface area contributed by atoms with Crippen molar-refractivity contribution < 1.29 is 9.21 Å².